The Hall–Kier alpha value is -2.33. The minimum absolute atomic E-state index is 0.00471. The quantitative estimate of drug-likeness (QED) is 0.488. The highest BCUT2D eigenvalue weighted by Crippen LogP contribution is 2.30. The number of aryl methyl sites for hydroxylation is 2. The number of hydrogen-bond acceptors (Lipinski definition) is 3. The largest absolute Gasteiger partial charge is 0.325 e. The molecule has 1 amide bonds. The summed E-state index contributed by atoms with van der Waals surface area (Å²) in [6.07, 6.45) is 1.04. The molecule has 4 heteroatoms. The molecule has 0 saturated heterocycles. The van der Waals surface area contributed by atoms with Gasteiger partial charge in [0.25, 0.3) is 0 Å². The summed E-state index contributed by atoms with van der Waals surface area (Å²) in [5.74, 6) is 0.414. The van der Waals surface area contributed by atoms with Gasteiger partial charge in [0.2, 0.25) is 5.91 Å². The fourth-order valence-electron chi connectivity index (χ4n) is 3.32. The van der Waals surface area contributed by atoms with Crippen LogP contribution < -0.4 is 5.32 Å². The fourth-order valence-corrected chi connectivity index (χ4v) is 4.24. The van der Waals surface area contributed by atoms with E-state index in [0.717, 1.165) is 28.2 Å². The summed E-state index contributed by atoms with van der Waals surface area (Å²) in [5.41, 5.74) is 5.45. The predicted octanol–water partition coefficient (Wildman–Crippen LogP) is 6.48. The van der Waals surface area contributed by atoms with E-state index < -0.39 is 0 Å². The van der Waals surface area contributed by atoms with E-state index in [2.05, 4.69) is 63.3 Å². The summed E-state index contributed by atoms with van der Waals surface area (Å²) >= 11 is 1.51. The Balaban J connectivity index is 1.79. The van der Waals surface area contributed by atoms with Crippen molar-refractivity contribution in [1.82, 2.24) is 4.98 Å². The van der Waals surface area contributed by atoms with Gasteiger partial charge in [-0.15, -0.1) is 0 Å². The van der Waals surface area contributed by atoms with Gasteiger partial charge in [-0.3, -0.25) is 4.79 Å². The van der Waals surface area contributed by atoms with E-state index in [1.807, 2.05) is 25.1 Å². The molecule has 146 valence electrons. The van der Waals surface area contributed by atoms with Crippen molar-refractivity contribution in [2.24, 2.45) is 0 Å². The number of rotatable bonds is 6. The maximum atomic E-state index is 12.8. The number of anilines is 1. The second kappa shape index (κ2) is 8.78. The molecule has 1 N–H and O–H groups in total. The first-order valence-electron chi connectivity index (χ1n) is 9.84. The van der Waals surface area contributed by atoms with Crippen LogP contribution in [0.25, 0.3) is 10.9 Å². The van der Waals surface area contributed by atoms with Crippen molar-refractivity contribution in [3.05, 3.63) is 65.2 Å². The van der Waals surface area contributed by atoms with Crippen molar-refractivity contribution in [1.29, 1.82) is 0 Å². The molecule has 0 unspecified atom stereocenters. The third-order valence-corrected chi connectivity index (χ3v) is 6.27. The van der Waals surface area contributed by atoms with Crippen LogP contribution >= 0.6 is 11.8 Å². The standard InChI is InChI=1S/C24H28N2OS/c1-6-15(2)19-11-7-8-13-21(19)25-24(27)18(5)28-22-14-17(4)20-12-9-10-16(3)23(20)26-22/h7-15,18H,6H2,1-5H3,(H,25,27)/t15-,18+/m1/s1. The molecule has 3 aromatic rings. The van der Waals surface area contributed by atoms with E-state index in [4.69, 9.17) is 4.98 Å². The molecular formula is C24H28N2OS. The number of amides is 1. The molecule has 28 heavy (non-hydrogen) atoms. The molecule has 0 aliphatic rings. The topological polar surface area (TPSA) is 42.0 Å². The SMILES string of the molecule is CC[C@@H](C)c1ccccc1NC(=O)[C@H](C)Sc1cc(C)c2cccc(C)c2n1. The highest BCUT2D eigenvalue weighted by Gasteiger charge is 2.18. The lowest BCUT2D eigenvalue weighted by Crippen LogP contribution is -2.23. The molecule has 1 aromatic heterocycles. The number of benzene rings is 2. The van der Waals surface area contributed by atoms with Gasteiger partial charge in [-0.2, -0.15) is 0 Å². The number of aromatic nitrogens is 1. The number of para-hydroxylation sites is 2. The number of fused-ring (bicyclic) bond motifs is 1. The van der Waals surface area contributed by atoms with E-state index in [1.54, 1.807) is 0 Å². The zero-order valence-electron chi connectivity index (χ0n) is 17.2. The predicted molar refractivity (Wildman–Crippen MR) is 120 cm³/mol. The molecule has 2 aromatic carbocycles. The van der Waals surface area contributed by atoms with Crippen molar-refractivity contribution in [3.8, 4) is 0 Å². The van der Waals surface area contributed by atoms with Crippen molar-refractivity contribution in [2.75, 3.05) is 5.32 Å². The van der Waals surface area contributed by atoms with Crippen LogP contribution in [0.4, 0.5) is 5.69 Å². The summed E-state index contributed by atoms with van der Waals surface area (Å²) in [5, 5.41) is 4.94. The van der Waals surface area contributed by atoms with Gasteiger partial charge < -0.3 is 5.32 Å². The molecular weight excluding hydrogens is 364 g/mol. The first-order chi connectivity index (χ1) is 13.4. The van der Waals surface area contributed by atoms with Crippen LogP contribution in [0.15, 0.2) is 53.6 Å². The summed E-state index contributed by atoms with van der Waals surface area (Å²) in [6.45, 7) is 10.5. The second-order valence-electron chi connectivity index (χ2n) is 7.39. The third-order valence-electron chi connectivity index (χ3n) is 5.25. The van der Waals surface area contributed by atoms with Crippen molar-refractivity contribution < 1.29 is 4.79 Å². The minimum atomic E-state index is -0.238. The Kier molecular flexibility index (Phi) is 6.40. The van der Waals surface area contributed by atoms with Gasteiger partial charge >= 0.3 is 0 Å². The summed E-state index contributed by atoms with van der Waals surface area (Å²) in [6, 6.07) is 16.4. The zero-order valence-corrected chi connectivity index (χ0v) is 18.1. The zero-order chi connectivity index (χ0) is 20.3. The number of pyridine rings is 1. The van der Waals surface area contributed by atoms with E-state index in [-0.39, 0.29) is 11.2 Å². The molecule has 2 atom stereocenters. The van der Waals surface area contributed by atoms with Gasteiger partial charge in [-0.05, 0) is 61.9 Å². The Morgan fingerprint density at radius 1 is 1.07 bits per heavy atom. The highest BCUT2D eigenvalue weighted by molar-refractivity contribution is 8.00. The maximum Gasteiger partial charge on any atom is 0.237 e. The molecule has 1 heterocycles. The second-order valence-corrected chi connectivity index (χ2v) is 8.76. The van der Waals surface area contributed by atoms with E-state index in [0.29, 0.717) is 5.92 Å². The van der Waals surface area contributed by atoms with Crippen LogP contribution in [0, 0.1) is 13.8 Å². The van der Waals surface area contributed by atoms with Crippen LogP contribution in [0.3, 0.4) is 0 Å². The van der Waals surface area contributed by atoms with Crippen LogP contribution in [0.5, 0.6) is 0 Å². The lowest BCUT2D eigenvalue weighted by Gasteiger charge is -2.18. The first-order valence-corrected chi connectivity index (χ1v) is 10.7. The highest BCUT2D eigenvalue weighted by atomic mass is 32.2. The van der Waals surface area contributed by atoms with E-state index in [9.17, 15) is 4.79 Å². The molecule has 0 aliphatic carbocycles. The smallest absolute Gasteiger partial charge is 0.237 e. The molecule has 0 radical (unpaired) electrons. The van der Waals surface area contributed by atoms with Gasteiger partial charge in [0, 0.05) is 11.1 Å². The molecule has 0 spiro atoms. The number of thioether (sulfide) groups is 1. The normalized spacial score (nSPS) is 13.3. The molecule has 3 nitrogen and oxygen atoms in total. The molecule has 0 aliphatic heterocycles. The minimum Gasteiger partial charge on any atom is -0.325 e. The monoisotopic (exact) mass is 392 g/mol. The van der Waals surface area contributed by atoms with Crippen LogP contribution in [0.1, 0.15) is 49.8 Å². The lowest BCUT2D eigenvalue weighted by atomic mass is 9.97. The Morgan fingerprint density at radius 2 is 1.82 bits per heavy atom. The van der Waals surface area contributed by atoms with E-state index in [1.165, 1.54) is 28.3 Å². The van der Waals surface area contributed by atoms with Gasteiger partial charge in [-0.1, -0.05) is 62.0 Å². The molecule has 0 fully saturated rings. The average molecular weight is 393 g/mol. The van der Waals surface area contributed by atoms with Crippen molar-refractivity contribution >= 4 is 34.3 Å². The number of carbonyl (C=O) groups is 1. The maximum absolute atomic E-state index is 12.8. The Labute approximate surface area is 172 Å². The summed E-state index contributed by atoms with van der Waals surface area (Å²) in [7, 11) is 0. The molecule has 3 rings (SSSR count). The van der Waals surface area contributed by atoms with Crippen LogP contribution in [-0.4, -0.2) is 16.1 Å². The lowest BCUT2D eigenvalue weighted by molar-refractivity contribution is -0.115. The van der Waals surface area contributed by atoms with Crippen molar-refractivity contribution in [2.45, 2.75) is 57.2 Å². The summed E-state index contributed by atoms with van der Waals surface area (Å²) < 4.78 is 0. The summed E-state index contributed by atoms with van der Waals surface area (Å²) in [4.78, 5) is 17.6. The van der Waals surface area contributed by atoms with Gasteiger partial charge in [0.1, 0.15) is 0 Å². The number of nitrogens with one attached hydrogen (secondary N) is 1. The van der Waals surface area contributed by atoms with Gasteiger partial charge in [-0.25, -0.2) is 4.98 Å². The average Bonchev–Trinajstić information content (AvgIpc) is 2.68. The fraction of sp³-hybridized carbons (Fsp3) is 0.333. The number of carbonyl (C=O) groups excluding carboxylic acids is 1. The van der Waals surface area contributed by atoms with Crippen LogP contribution in [0.2, 0.25) is 0 Å². The number of nitrogens with zero attached hydrogens (tertiary/aromatic N) is 1. The number of hydrogen-bond donors (Lipinski definition) is 1. The Bertz CT molecular complexity index is 999. The third kappa shape index (κ3) is 4.39. The van der Waals surface area contributed by atoms with E-state index >= 15 is 0 Å². The molecule has 0 saturated carbocycles. The first kappa shape index (κ1) is 20.4. The molecule has 0 bridgehead atoms. The van der Waals surface area contributed by atoms with Gasteiger partial charge in [0.05, 0.1) is 15.8 Å². The van der Waals surface area contributed by atoms with Crippen molar-refractivity contribution in [3.63, 3.8) is 0 Å². The van der Waals surface area contributed by atoms with Crippen LogP contribution in [-0.2, 0) is 4.79 Å². The van der Waals surface area contributed by atoms with Gasteiger partial charge in [0.15, 0.2) is 0 Å². The Morgan fingerprint density at radius 3 is 2.57 bits per heavy atom.